The Morgan fingerprint density at radius 2 is 1.49 bits per heavy atom. The lowest BCUT2D eigenvalue weighted by Crippen LogP contribution is -2.63. The van der Waals surface area contributed by atoms with Crippen molar-refractivity contribution in [2.75, 3.05) is 12.3 Å². The summed E-state index contributed by atoms with van der Waals surface area (Å²) in [5, 5.41) is 0. The van der Waals surface area contributed by atoms with Crippen LogP contribution in [0.25, 0.3) is 0 Å². The third-order valence-electron chi connectivity index (χ3n) is 11.1. The van der Waals surface area contributed by atoms with Crippen LogP contribution in [-0.4, -0.2) is 65.9 Å². The highest BCUT2D eigenvalue weighted by molar-refractivity contribution is 7.85. The Balaban J connectivity index is 1.24. The van der Waals surface area contributed by atoms with Crippen LogP contribution in [0.2, 0.25) is 0 Å². The van der Waals surface area contributed by atoms with Crippen LogP contribution in [0.15, 0.2) is 0 Å². The minimum atomic E-state index is -6.42. The molecule has 6 saturated carbocycles. The van der Waals surface area contributed by atoms with Crippen molar-refractivity contribution in [3.05, 3.63) is 0 Å². The highest BCUT2D eigenvalue weighted by atomic mass is 32.2. The van der Waals surface area contributed by atoms with E-state index >= 15 is 0 Å². The average Bonchev–Trinajstić information content (AvgIpc) is 3.45. The topological polar surface area (TPSA) is 118 Å². The summed E-state index contributed by atoms with van der Waals surface area (Å²) in [4.78, 5) is 41.8. The summed E-state index contributed by atoms with van der Waals surface area (Å²) in [5.74, 6) is -5.83. The van der Waals surface area contributed by atoms with Gasteiger partial charge in [-0.15, -0.1) is 0 Å². The summed E-state index contributed by atoms with van der Waals surface area (Å²) >= 11 is 0. The molecule has 0 aromatic rings. The largest absolute Gasteiger partial charge is 0.438 e. The van der Waals surface area contributed by atoms with Crippen LogP contribution < -0.4 is 0 Å². The first-order valence-electron chi connectivity index (χ1n) is 13.9. The molecule has 7 rings (SSSR count). The van der Waals surface area contributed by atoms with Gasteiger partial charge in [0.05, 0.1) is 11.8 Å². The summed E-state index contributed by atoms with van der Waals surface area (Å²) in [6.07, 6.45) is -7.60. The molecule has 1 saturated heterocycles. The zero-order valence-corrected chi connectivity index (χ0v) is 22.8. The Morgan fingerprint density at radius 3 is 1.98 bits per heavy atom. The zero-order chi connectivity index (χ0) is 30.0. The second kappa shape index (κ2) is 8.82. The Labute approximate surface area is 232 Å². The van der Waals surface area contributed by atoms with Crippen LogP contribution in [-0.2, 0) is 29.2 Å². The predicted molar refractivity (Wildman–Crippen MR) is 126 cm³/mol. The van der Waals surface area contributed by atoms with Crippen molar-refractivity contribution in [1.29, 1.82) is 0 Å². The van der Waals surface area contributed by atoms with Crippen molar-refractivity contribution in [2.45, 2.75) is 82.2 Å². The van der Waals surface area contributed by atoms with Gasteiger partial charge in [-0.05, 0) is 92.8 Å². The molecular formula is C26H31F6NO7S. The Hall–Kier alpha value is -1.90. The quantitative estimate of drug-likeness (QED) is 0.205. The number of likely N-dealkylation sites (tertiary alicyclic amines) is 1. The Kier molecular flexibility index (Phi) is 6.28. The molecule has 4 unspecified atom stereocenters. The number of ether oxygens (including phenoxy) is 1. The van der Waals surface area contributed by atoms with Crippen molar-refractivity contribution in [2.24, 2.45) is 46.3 Å². The van der Waals surface area contributed by atoms with Gasteiger partial charge >= 0.3 is 23.9 Å². The molecule has 4 atom stereocenters. The number of hydrogen-bond donors (Lipinski definition) is 1. The number of halogens is 6. The van der Waals surface area contributed by atoms with E-state index in [1.54, 1.807) is 0 Å². The summed E-state index contributed by atoms with van der Waals surface area (Å²) in [7, 11) is -5.91. The van der Waals surface area contributed by atoms with E-state index in [-0.39, 0.29) is 37.1 Å². The van der Waals surface area contributed by atoms with E-state index < -0.39 is 68.9 Å². The van der Waals surface area contributed by atoms with E-state index in [9.17, 15) is 49.1 Å². The fraction of sp³-hybridized carbons (Fsp3) is 0.885. The van der Waals surface area contributed by atoms with Gasteiger partial charge in [0.15, 0.2) is 0 Å². The normalized spacial score (nSPS) is 39.9. The SMILES string of the molecule is O=C(CC12CCC(C1)C1CN(C(=O)C34CC5CC(CC(C5)C3)C4)C(=O)C12)OC(CS(=O)(=O)O)(C(F)(F)F)C(F)(F)F. The standard InChI is InChI=1S/C26H31F6NO7S/c27-25(28,29)24(26(30,31)32,12-41(37,38)39)40-18(34)10-22-2-1-16(9-22)17-11-33(20(35)19(17)22)21(36)23-6-13-3-14(7-23)5-15(4-13)8-23/h13-17,19H,1-12H2,(H,37,38,39). The smallest absolute Gasteiger partial charge is 0.438 e. The molecule has 1 N–H and O–H groups in total. The number of imide groups is 1. The molecule has 6 bridgehead atoms. The molecule has 7 fully saturated rings. The number of alkyl halides is 6. The molecule has 6 aliphatic carbocycles. The van der Waals surface area contributed by atoms with Crippen LogP contribution in [0.5, 0.6) is 0 Å². The number of fused-ring (bicyclic) bond motifs is 5. The molecule has 1 aliphatic heterocycles. The highest BCUT2D eigenvalue weighted by Crippen LogP contribution is 2.66. The molecule has 0 radical (unpaired) electrons. The maximum Gasteiger partial charge on any atom is 0.438 e. The number of carbonyl (C=O) groups excluding carboxylic acids is 3. The number of esters is 1. The highest BCUT2D eigenvalue weighted by Gasteiger charge is 2.76. The summed E-state index contributed by atoms with van der Waals surface area (Å²) in [6, 6.07) is 0. The maximum absolute atomic E-state index is 13.9. The van der Waals surface area contributed by atoms with Gasteiger partial charge in [0.1, 0.15) is 5.75 Å². The molecule has 0 spiro atoms. The van der Waals surface area contributed by atoms with Crippen molar-refractivity contribution in [3.63, 3.8) is 0 Å². The van der Waals surface area contributed by atoms with Crippen LogP contribution in [0.1, 0.15) is 64.2 Å². The minimum Gasteiger partial charge on any atom is -0.438 e. The Morgan fingerprint density at radius 1 is 0.951 bits per heavy atom. The molecule has 41 heavy (non-hydrogen) atoms. The van der Waals surface area contributed by atoms with Crippen molar-refractivity contribution >= 4 is 27.9 Å². The van der Waals surface area contributed by atoms with Crippen LogP contribution >= 0.6 is 0 Å². The van der Waals surface area contributed by atoms with Gasteiger partial charge < -0.3 is 4.74 Å². The monoisotopic (exact) mass is 615 g/mol. The van der Waals surface area contributed by atoms with E-state index in [0.29, 0.717) is 43.4 Å². The molecule has 1 heterocycles. The molecular weight excluding hydrogens is 584 g/mol. The van der Waals surface area contributed by atoms with E-state index in [2.05, 4.69) is 4.74 Å². The molecule has 2 amide bonds. The van der Waals surface area contributed by atoms with Gasteiger partial charge in [0.25, 0.3) is 10.1 Å². The first-order valence-corrected chi connectivity index (χ1v) is 15.6. The first kappa shape index (κ1) is 29.2. The van der Waals surface area contributed by atoms with Crippen molar-refractivity contribution in [3.8, 4) is 0 Å². The lowest BCUT2D eigenvalue weighted by molar-refractivity contribution is -0.361. The van der Waals surface area contributed by atoms with Gasteiger partial charge in [-0.3, -0.25) is 23.8 Å². The van der Waals surface area contributed by atoms with Crippen LogP contribution in [0.4, 0.5) is 26.3 Å². The molecule has 230 valence electrons. The second-order valence-electron chi connectivity index (χ2n) is 13.7. The molecule has 0 aromatic carbocycles. The van der Waals surface area contributed by atoms with E-state index in [4.69, 9.17) is 4.55 Å². The second-order valence-corrected chi connectivity index (χ2v) is 15.1. The third kappa shape index (κ3) is 4.41. The fourth-order valence-electron chi connectivity index (χ4n) is 10.1. The van der Waals surface area contributed by atoms with Gasteiger partial charge in [-0.1, -0.05) is 0 Å². The summed E-state index contributed by atoms with van der Waals surface area (Å²) in [5.41, 5.74) is -7.42. The van der Waals surface area contributed by atoms with Crippen LogP contribution in [0.3, 0.4) is 0 Å². The predicted octanol–water partition coefficient (Wildman–Crippen LogP) is 4.29. The first-order chi connectivity index (χ1) is 18.8. The van der Waals surface area contributed by atoms with Gasteiger partial charge in [0.2, 0.25) is 11.8 Å². The van der Waals surface area contributed by atoms with Crippen molar-refractivity contribution < 1.29 is 58.4 Å². The van der Waals surface area contributed by atoms with Crippen molar-refractivity contribution in [1.82, 2.24) is 4.90 Å². The lowest BCUT2D eigenvalue weighted by Gasteiger charge is -2.56. The van der Waals surface area contributed by atoms with E-state index in [1.807, 2.05) is 0 Å². The third-order valence-corrected chi connectivity index (χ3v) is 11.9. The van der Waals surface area contributed by atoms with Gasteiger partial charge in [-0.2, -0.15) is 34.8 Å². The van der Waals surface area contributed by atoms with Crippen LogP contribution in [0, 0.1) is 46.3 Å². The number of nitrogens with zero attached hydrogens (tertiary/aromatic N) is 1. The Bertz CT molecular complexity index is 1230. The average molecular weight is 616 g/mol. The maximum atomic E-state index is 13.9. The molecule has 15 heteroatoms. The number of hydrogen-bond acceptors (Lipinski definition) is 6. The lowest BCUT2D eigenvalue weighted by atomic mass is 9.49. The number of rotatable bonds is 6. The number of amides is 2. The fourth-order valence-corrected chi connectivity index (χ4v) is 11.0. The summed E-state index contributed by atoms with van der Waals surface area (Å²) < 4.78 is 118. The van der Waals surface area contributed by atoms with Gasteiger partial charge in [-0.25, -0.2) is 0 Å². The van der Waals surface area contributed by atoms with E-state index in [0.717, 1.165) is 19.3 Å². The van der Waals surface area contributed by atoms with E-state index in [1.165, 1.54) is 4.90 Å². The van der Waals surface area contributed by atoms with Gasteiger partial charge in [0, 0.05) is 12.5 Å². The minimum absolute atomic E-state index is 0.114. The zero-order valence-electron chi connectivity index (χ0n) is 22.0. The molecule has 7 aliphatic rings. The summed E-state index contributed by atoms with van der Waals surface area (Å²) in [6.45, 7) is 0.114. The molecule has 0 aromatic heterocycles. The number of carbonyl (C=O) groups is 3. The molecule has 8 nitrogen and oxygen atoms in total.